The minimum absolute atomic E-state index is 0.540. The molecule has 0 saturated heterocycles. The summed E-state index contributed by atoms with van der Waals surface area (Å²) in [6.45, 7) is 0. The van der Waals surface area contributed by atoms with Gasteiger partial charge in [0.15, 0.2) is 34.9 Å². The molecule has 10 nitrogen and oxygen atoms in total. The van der Waals surface area contributed by atoms with Crippen molar-refractivity contribution in [2.75, 3.05) is 19.6 Å². The second-order valence-electron chi connectivity index (χ2n) is 21.5. The molecule has 0 amide bonds. The lowest BCUT2D eigenvalue weighted by atomic mass is 9.93. The predicted octanol–water partition coefficient (Wildman–Crippen LogP) is 20.2. The molecule has 2 aromatic heterocycles. The largest absolute Gasteiger partial charge is 0.306 e. The van der Waals surface area contributed by atoms with Crippen LogP contribution in [-0.2, 0) is 0 Å². The van der Waals surface area contributed by atoms with Gasteiger partial charge < -0.3 is 19.6 Å². The van der Waals surface area contributed by atoms with Crippen molar-refractivity contribution in [1.29, 1.82) is 0 Å². The van der Waals surface area contributed by atoms with E-state index >= 15 is 0 Å². The molecule has 12 aromatic carbocycles. The number of rotatable bonds is 11. The summed E-state index contributed by atoms with van der Waals surface area (Å²) in [6, 6.07) is 110. The fourth-order valence-corrected chi connectivity index (χ4v) is 12.2. The van der Waals surface area contributed by atoms with E-state index < -0.39 is 0 Å². The van der Waals surface area contributed by atoms with E-state index in [0.717, 1.165) is 113 Å². The van der Waals surface area contributed by atoms with Gasteiger partial charge in [0.2, 0.25) is 0 Å². The van der Waals surface area contributed by atoms with Gasteiger partial charge in [-0.3, -0.25) is 0 Å². The normalized spacial score (nSPS) is 12.2. The first kappa shape index (κ1) is 51.5. The van der Waals surface area contributed by atoms with Gasteiger partial charge in [-0.05, 0) is 84.9 Å². The Balaban J connectivity index is 0.989. The van der Waals surface area contributed by atoms with Gasteiger partial charge in [0.25, 0.3) is 0 Å². The third-order valence-electron chi connectivity index (χ3n) is 16.2. The topological polar surface area (TPSA) is 90.3 Å². The summed E-state index contributed by atoms with van der Waals surface area (Å²) >= 11 is 0. The quantitative estimate of drug-likeness (QED) is 0.125. The van der Waals surface area contributed by atoms with E-state index in [4.69, 9.17) is 29.9 Å². The van der Waals surface area contributed by atoms with Crippen LogP contribution >= 0.6 is 0 Å². The smallest absolute Gasteiger partial charge is 0.164 e. The number of aromatic nitrogens is 6. The number of hydrogen-bond acceptors (Lipinski definition) is 10. The monoisotopic (exact) mass is 1130 g/mol. The Morgan fingerprint density at radius 1 is 0.159 bits per heavy atom. The first-order valence-corrected chi connectivity index (χ1v) is 29.4. The lowest BCUT2D eigenvalue weighted by Crippen LogP contribution is -2.25. The first-order valence-electron chi connectivity index (χ1n) is 29.4. The zero-order valence-electron chi connectivity index (χ0n) is 47.5. The van der Waals surface area contributed by atoms with Crippen molar-refractivity contribution in [3.05, 3.63) is 315 Å². The molecule has 0 saturated carbocycles. The van der Waals surface area contributed by atoms with E-state index in [1.165, 1.54) is 0 Å². The van der Waals surface area contributed by atoms with Crippen molar-refractivity contribution < 1.29 is 0 Å². The Labute approximate surface area is 510 Å². The molecular weight excluding hydrogens is 1080 g/mol. The number of para-hydroxylation sites is 10. The summed E-state index contributed by atoms with van der Waals surface area (Å²) in [4.78, 5) is 41.1. The molecule has 88 heavy (non-hydrogen) atoms. The minimum atomic E-state index is 0.540. The van der Waals surface area contributed by atoms with Crippen LogP contribution in [0.3, 0.4) is 0 Å². The van der Waals surface area contributed by atoms with Crippen LogP contribution in [0, 0.1) is 0 Å². The average Bonchev–Trinajstić information content (AvgIpc) is 0.913. The summed E-state index contributed by atoms with van der Waals surface area (Å²) in [5.74, 6) is 3.40. The van der Waals surface area contributed by atoms with Crippen molar-refractivity contribution in [2.24, 2.45) is 0 Å². The molecule has 10 heteroatoms. The molecule has 0 spiro atoms. The van der Waals surface area contributed by atoms with Crippen molar-refractivity contribution in [1.82, 2.24) is 29.9 Å². The van der Waals surface area contributed by atoms with Gasteiger partial charge in [0.05, 0.1) is 56.9 Å². The molecule has 14 aromatic rings. The van der Waals surface area contributed by atoms with Crippen molar-refractivity contribution >= 4 is 68.2 Å². The van der Waals surface area contributed by atoms with Crippen LogP contribution in [0.4, 0.5) is 68.2 Å². The summed E-state index contributed by atoms with van der Waals surface area (Å²) in [5.41, 5.74) is 19.1. The fourth-order valence-electron chi connectivity index (χ4n) is 12.2. The Morgan fingerprint density at radius 2 is 0.364 bits per heavy atom. The highest BCUT2D eigenvalue weighted by Crippen LogP contribution is 2.59. The van der Waals surface area contributed by atoms with E-state index in [2.05, 4.69) is 214 Å². The van der Waals surface area contributed by atoms with Gasteiger partial charge in [0, 0.05) is 55.9 Å². The molecule has 2 aliphatic heterocycles. The zero-order chi connectivity index (χ0) is 58.3. The average molecular weight is 1130 g/mol. The maximum atomic E-state index is 5.32. The van der Waals surface area contributed by atoms with E-state index in [0.29, 0.717) is 34.9 Å². The first-order chi connectivity index (χ1) is 43.7. The van der Waals surface area contributed by atoms with Crippen molar-refractivity contribution in [3.63, 3.8) is 0 Å². The molecule has 0 N–H and O–H groups in total. The molecule has 0 fully saturated rings. The SMILES string of the molecule is c1ccc(-c2nc(-c3ccccc3)nc(-c3ccc(-c4ccc(-c5nc(-c6ccccc6)nc(-c6ccccc6)n5)cc4N4c5ccccc5N(c5ccccc5)c5ccccc54)c(N4c5ccccc5N(c5ccccc5)c5ccccc54)c3)n2)cc1. The third-order valence-corrected chi connectivity index (χ3v) is 16.2. The molecule has 0 atom stereocenters. The standard InChI is InChI=1S/C78H52N10/c1-7-27-53(28-8-1)73-79-74(54-29-9-2-10-30-54)82-77(81-73)57-47-49-61(71(51-57)87-67-43-23-19-39-63(67)85(59-35-15-5-16-36-59)64-40-20-24-44-68(64)87)62-50-48-58(78-83-75(55-31-11-3-12-32-55)80-76(84-78)56-33-13-4-14-34-56)52-72(62)88-69-45-25-21-41-65(69)86(60-37-17-6-18-38-60)66-42-22-26-46-70(66)88/h1-52H. The fraction of sp³-hybridized carbons (Fsp3) is 0. The molecule has 0 radical (unpaired) electrons. The summed E-state index contributed by atoms with van der Waals surface area (Å²) in [7, 11) is 0. The van der Waals surface area contributed by atoms with Gasteiger partial charge in [-0.1, -0.05) is 231 Å². The predicted molar refractivity (Wildman–Crippen MR) is 357 cm³/mol. The molecule has 0 unspecified atom stereocenters. The summed E-state index contributed by atoms with van der Waals surface area (Å²) in [5, 5.41) is 0. The van der Waals surface area contributed by atoms with E-state index in [-0.39, 0.29) is 0 Å². The molecule has 2 aliphatic rings. The van der Waals surface area contributed by atoms with Crippen LogP contribution in [0.5, 0.6) is 0 Å². The highest BCUT2D eigenvalue weighted by molar-refractivity contribution is 6.08. The number of anilines is 12. The second-order valence-corrected chi connectivity index (χ2v) is 21.5. The van der Waals surface area contributed by atoms with Gasteiger partial charge in [-0.25, -0.2) is 29.9 Å². The third kappa shape index (κ3) is 9.25. The zero-order valence-corrected chi connectivity index (χ0v) is 47.5. The van der Waals surface area contributed by atoms with Crippen LogP contribution in [0.2, 0.25) is 0 Å². The molecule has 4 heterocycles. The molecule has 0 aliphatic carbocycles. The van der Waals surface area contributed by atoms with Crippen LogP contribution in [-0.4, -0.2) is 29.9 Å². The number of nitrogens with zero attached hydrogens (tertiary/aromatic N) is 10. The van der Waals surface area contributed by atoms with Gasteiger partial charge in [-0.15, -0.1) is 0 Å². The molecular formula is C78H52N10. The highest BCUT2D eigenvalue weighted by Gasteiger charge is 2.35. The summed E-state index contributed by atoms with van der Waals surface area (Å²) in [6.07, 6.45) is 0. The van der Waals surface area contributed by atoms with Crippen LogP contribution in [0.25, 0.3) is 79.5 Å². The molecule has 16 rings (SSSR count). The second kappa shape index (κ2) is 22.1. The Hall–Kier alpha value is -12.1. The molecule has 0 bridgehead atoms. The van der Waals surface area contributed by atoms with E-state index in [1.54, 1.807) is 0 Å². The van der Waals surface area contributed by atoms with Gasteiger partial charge >= 0.3 is 0 Å². The summed E-state index contributed by atoms with van der Waals surface area (Å²) < 4.78 is 0. The van der Waals surface area contributed by atoms with E-state index in [1.807, 2.05) is 121 Å². The minimum Gasteiger partial charge on any atom is -0.306 e. The number of hydrogen-bond donors (Lipinski definition) is 0. The van der Waals surface area contributed by atoms with Crippen LogP contribution < -0.4 is 19.6 Å². The maximum absolute atomic E-state index is 5.32. The molecule has 414 valence electrons. The Kier molecular flexibility index (Phi) is 12.9. The number of benzene rings is 12. The van der Waals surface area contributed by atoms with Crippen LogP contribution in [0.15, 0.2) is 315 Å². The van der Waals surface area contributed by atoms with Crippen molar-refractivity contribution in [3.8, 4) is 79.5 Å². The van der Waals surface area contributed by atoms with Crippen LogP contribution in [0.1, 0.15) is 0 Å². The number of fused-ring (bicyclic) bond motifs is 4. The van der Waals surface area contributed by atoms with Crippen molar-refractivity contribution in [2.45, 2.75) is 0 Å². The van der Waals surface area contributed by atoms with E-state index in [9.17, 15) is 0 Å². The highest BCUT2D eigenvalue weighted by atomic mass is 15.3. The van der Waals surface area contributed by atoms with Gasteiger partial charge in [0.1, 0.15) is 0 Å². The Morgan fingerprint density at radius 3 is 0.614 bits per heavy atom. The van der Waals surface area contributed by atoms with Gasteiger partial charge in [-0.2, -0.15) is 0 Å². The Bertz CT molecular complexity index is 4360. The lowest BCUT2D eigenvalue weighted by Gasteiger charge is -2.42. The lowest BCUT2D eigenvalue weighted by molar-refractivity contribution is 1.07. The maximum Gasteiger partial charge on any atom is 0.164 e.